The monoisotopic (exact) mass is 824 g/mol. The summed E-state index contributed by atoms with van der Waals surface area (Å²) in [6.45, 7) is 0. The lowest BCUT2D eigenvalue weighted by molar-refractivity contribution is 0.673. The van der Waals surface area contributed by atoms with Gasteiger partial charge in [-0.3, -0.25) is 0 Å². The number of anilines is 3. The number of para-hydroxylation sites is 1. The Bertz CT molecular complexity index is 3490. The molecule has 0 radical (unpaired) electrons. The van der Waals surface area contributed by atoms with Crippen LogP contribution in [-0.4, -0.2) is 15.0 Å². The van der Waals surface area contributed by atoms with E-state index in [1.165, 1.54) is 20.2 Å². The van der Waals surface area contributed by atoms with E-state index in [4.69, 9.17) is 19.4 Å². The van der Waals surface area contributed by atoms with Gasteiger partial charge in [-0.1, -0.05) is 158 Å². The highest BCUT2D eigenvalue weighted by molar-refractivity contribution is 7.26. The summed E-state index contributed by atoms with van der Waals surface area (Å²) >= 11 is 1.81. The van der Waals surface area contributed by atoms with Crippen molar-refractivity contribution in [1.29, 1.82) is 0 Å². The molecular weight excluding hydrogens is 789 g/mol. The van der Waals surface area contributed by atoms with E-state index in [1.807, 2.05) is 60.7 Å². The van der Waals surface area contributed by atoms with Crippen LogP contribution in [0.1, 0.15) is 0 Å². The molecule has 0 aliphatic carbocycles. The molecule has 0 atom stereocenters. The van der Waals surface area contributed by atoms with Crippen LogP contribution >= 0.6 is 11.3 Å². The number of hydrogen-bond donors (Lipinski definition) is 0. The fourth-order valence-corrected chi connectivity index (χ4v) is 9.88. The van der Waals surface area contributed by atoms with Crippen LogP contribution in [-0.2, 0) is 0 Å². The molecule has 0 bridgehead atoms. The van der Waals surface area contributed by atoms with Crippen LogP contribution in [0.2, 0.25) is 0 Å². The number of nitrogens with zero attached hydrogens (tertiary/aromatic N) is 4. The fraction of sp³-hybridized carbons (Fsp3) is 0. The molecule has 6 heteroatoms. The van der Waals surface area contributed by atoms with Crippen molar-refractivity contribution in [3.05, 3.63) is 218 Å². The van der Waals surface area contributed by atoms with Gasteiger partial charge in [0.1, 0.15) is 11.2 Å². The average Bonchev–Trinajstić information content (AvgIpc) is 3.93. The van der Waals surface area contributed by atoms with E-state index in [2.05, 4.69) is 163 Å². The maximum absolute atomic E-state index is 6.95. The summed E-state index contributed by atoms with van der Waals surface area (Å²) in [5.74, 6) is 1.82. The molecule has 0 spiro atoms. The van der Waals surface area contributed by atoms with E-state index in [9.17, 15) is 0 Å². The Morgan fingerprint density at radius 3 is 1.44 bits per heavy atom. The third-order valence-corrected chi connectivity index (χ3v) is 12.8. The van der Waals surface area contributed by atoms with Gasteiger partial charge in [0.2, 0.25) is 0 Å². The molecule has 0 saturated heterocycles. The summed E-state index contributed by atoms with van der Waals surface area (Å²) in [6.07, 6.45) is 0. The highest BCUT2D eigenvalue weighted by atomic mass is 32.1. The van der Waals surface area contributed by atoms with E-state index in [1.54, 1.807) is 11.3 Å². The summed E-state index contributed by atoms with van der Waals surface area (Å²) in [5.41, 5.74) is 11.6. The van der Waals surface area contributed by atoms with Crippen molar-refractivity contribution in [2.45, 2.75) is 0 Å². The largest absolute Gasteiger partial charge is 0.455 e. The van der Waals surface area contributed by atoms with Crippen LogP contribution < -0.4 is 4.90 Å². The number of benzene rings is 9. The minimum atomic E-state index is 0.589. The van der Waals surface area contributed by atoms with Crippen molar-refractivity contribution in [3.63, 3.8) is 0 Å². The summed E-state index contributed by atoms with van der Waals surface area (Å²) < 4.78 is 9.43. The molecule has 0 saturated carbocycles. The first-order valence-electron chi connectivity index (χ1n) is 21.0. The molecule has 12 rings (SSSR count). The van der Waals surface area contributed by atoms with Gasteiger partial charge in [0.05, 0.1) is 5.69 Å². The molecule has 12 aromatic rings. The minimum absolute atomic E-state index is 0.589. The van der Waals surface area contributed by atoms with Gasteiger partial charge in [-0.05, 0) is 65.7 Å². The lowest BCUT2D eigenvalue weighted by Gasteiger charge is -2.31. The minimum Gasteiger partial charge on any atom is -0.455 e. The van der Waals surface area contributed by atoms with Crippen LogP contribution in [0.5, 0.6) is 0 Å². The van der Waals surface area contributed by atoms with Gasteiger partial charge >= 0.3 is 0 Å². The topological polar surface area (TPSA) is 55.1 Å². The quantitative estimate of drug-likeness (QED) is 0.153. The molecule has 0 N–H and O–H groups in total. The van der Waals surface area contributed by atoms with Crippen molar-refractivity contribution in [2.24, 2.45) is 0 Å². The average molecular weight is 825 g/mol. The second-order valence-corrected chi connectivity index (χ2v) is 16.6. The van der Waals surface area contributed by atoms with Crippen LogP contribution in [0.25, 0.3) is 98.5 Å². The molecule has 0 aliphatic heterocycles. The van der Waals surface area contributed by atoms with Gasteiger partial charge < -0.3 is 9.32 Å². The Balaban J connectivity index is 1.14. The van der Waals surface area contributed by atoms with Crippen molar-refractivity contribution in [2.75, 3.05) is 4.90 Å². The summed E-state index contributed by atoms with van der Waals surface area (Å²) in [6, 6.07) is 76.3. The SMILES string of the molecule is c1ccc(-c2nc(-c3ccccc3)nc(-c3cc(-c4ccccc4)c(N(c4ccccc4)c4ccc5c(c4)oc4c5ccc5sc6ccccc6c54)c(-c4ccccc4)c3)n2)cc1. The van der Waals surface area contributed by atoms with Gasteiger partial charge in [-0.15, -0.1) is 11.3 Å². The van der Waals surface area contributed by atoms with Crippen molar-refractivity contribution in [3.8, 4) is 56.4 Å². The molecular formula is C57H36N4OS. The molecule has 0 aliphatic rings. The van der Waals surface area contributed by atoms with Gasteiger partial charge in [-0.2, -0.15) is 0 Å². The fourth-order valence-electron chi connectivity index (χ4n) is 8.77. The van der Waals surface area contributed by atoms with Gasteiger partial charge in [0.25, 0.3) is 0 Å². The highest BCUT2D eigenvalue weighted by Crippen LogP contribution is 2.50. The smallest absolute Gasteiger partial charge is 0.164 e. The number of aromatic nitrogens is 3. The van der Waals surface area contributed by atoms with Crippen molar-refractivity contribution < 1.29 is 4.42 Å². The highest BCUT2D eigenvalue weighted by Gasteiger charge is 2.26. The van der Waals surface area contributed by atoms with Crippen molar-refractivity contribution >= 4 is 70.5 Å². The maximum Gasteiger partial charge on any atom is 0.164 e. The van der Waals surface area contributed by atoms with Gasteiger partial charge in [0.15, 0.2) is 17.5 Å². The second kappa shape index (κ2) is 15.4. The number of furan rings is 1. The van der Waals surface area contributed by atoms with E-state index < -0.39 is 0 Å². The first-order valence-corrected chi connectivity index (χ1v) is 21.8. The molecule has 0 fully saturated rings. The van der Waals surface area contributed by atoms with Crippen LogP contribution in [0, 0.1) is 0 Å². The molecule has 63 heavy (non-hydrogen) atoms. The third kappa shape index (κ3) is 6.52. The standard InChI is InChI=1S/C57H36N4OS/c1-6-18-37(19-7-1)47-34-41(57-59-55(39-22-10-3-11-23-39)58-56(60-57)40-24-12-4-13-25-40)35-48(38-20-8-2-9-21-38)53(47)61(42-26-14-5-15-27-42)43-30-31-44-45-32-33-51-52(54(45)62-49(44)36-43)46-28-16-17-29-50(46)63-51/h1-36H. The lowest BCUT2D eigenvalue weighted by atomic mass is 9.91. The van der Waals surface area contributed by atoms with Crippen LogP contribution in [0.3, 0.4) is 0 Å². The normalized spacial score (nSPS) is 11.5. The van der Waals surface area contributed by atoms with E-state index in [0.29, 0.717) is 17.5 Å². The second-order valence-electron chi connectivity index (χ2n) is 15.6. The Morgan fingerprint density at radius 1 is 0.365 bits per heavy atom. The van der Waals surface area contributed by atoms with Gasteiger partial charge in [0, 0.05) is 76.2 Å². The Labute approximate surface area is 367 Å². The number of rotatable bonds is 8. The molecule has 3 heterocycles. The predicted molar refractivity (Wildman–Crippen MR) is 262 cm³/mol. The van der Waals surface area contributed by atoms with Crippen LogP contribution in [0.4, 0.5) is 17.1 Å². The molecule has 0 amide bonds. The third-order valence-electron chi connectivity index (χ3n) is 11.7. The first-order chi connectivity index (χ1) is 31.2. The number of fused-ring (bicyclic) bond motifs is 7. The molecule has 9 aromatic carbocycles. The molecule has 3 aromatic heterocycles. The number of thiophene rings is 1. The zero-order valence-electron chi connectivity index (χ0n) is 33.9. The van der Waals surface area contributed by atoms with Crippen molar-refractivity contribution in [1.82, 2.24) is 15.0 Å². The van der Waals surface area contributed by atoms with Gasteiger partial charge in [-0.25, -0.2) is 15.0 Å². The zero-order chi connectivity index (χ0) is 41.7. The first kappa shape index (κ1) is 36.6. The van der Waals surface area contributed by atoms with E-state index in [0.717, 1.165) is 77.9 Å². The lowest BCUT2D eigenvalue weighted by Crippen LogP contribution is -2.13. The summed E-state index contributed by atoms with van der Waals surface area (Å²) in [7, 11) is 0. The van der Waals surface area contributed by atoms with Crippen LogP contribution in [0.15, 0.2) is 223 Å². The van der Waals surface area contributed by atoms with E-state index in [-0.39, 0.29) is 0 Å². The predicted octanol–water partition coefficient (Wildman–Crippen LogP) is 15.9. The Hall–Kier alpha value is -8.19. The molecule has 5 nitrogen and oxygen atoms in total. The zero-order valence-corrected chi connectivity index (χ0v) is 34.7. The summed E-state index contributed by atoms with van der Waals surface area (Å²) in [4.78, 5) is 17.8. The Morgan fingerprint density at radius 2 is 0.857 bits per heavy atom. The van der Waals surface area contributed by atoms with E-state index >= 15 is 0 Å². The maximum atomic E-state index is 6.95. The number of hydrogen-bond acceptors (Lipinski definition) is 6. The Kier molecular flexibility index (Phi) is 8.94. The molecule has 0 unspecified atom stereocenters. The summed E-state index contributed by atoms with van der Waals surface area (Å²) in [5, 5.41) is 4.58. The molecule has 296 valence electrons.